The molecular weight excluding hydrogens is 390 g/mol. The van der Waals surface area contributed by atoms with Crippen molar-refractivity contribution in [2.24, 2.45) is 4.99 Å². The van der Waals surface area contributed by atoms with Crippen molar-refractivity contribution in [1.82, 2.24) is 5.06 Å². The van der Waals surface area contributed by atoms with Gasteiger partial charge in [-0.1, -0.05) is 0 Å². The van der Waals surface area contributed by atoms with Crippen LogP contribution in [0.15, 0.2) is 17.3 Å². The van der Waals surface area contributed by atoms with Crippen molar-refractivity contribution in [1.29, 1.82) is 0 Å². The zero-order chi connectivity index (χ0) is 21.3. The summed E-state index contributed by atoms with van der Waals surface area (Å²) in [5.74, 6) is -1.71. The molecule has 0 spiro atoms. The molecule has 0 aromatic carbocycles. The lowest BCUT2D eigenvalue weighted by molar-refractivity contribution is -0.684. The molecule has 0 radical (unpaired) electrons. The van der Waals surface area contributed by atoms with Gasteiger partial charge in [-0.3, -0.25) is 9.63 Å². The predicted octanol–water partition coefficient (Wildman–Crippen LogP) is 0.381. The van der Waals surface area contributed by atoms with E-state index in [9.17, 15) is 22.6 Å². The van der Waals surface area contributed by atoms with E-state index in [1.54, 1.807) is 10.6 Å². The smallest absolute Gasteiger partial charge is 0.332 e. The Kier molecular flexibility index (Phi) is 6.21. The third-order valence-electron chi connectivity index (χ3n) is 4.67. The molecule has 1 aliphatic rings. The average molecular weight is 413 g/mol. The summed E-state index contributed by atoms with van der Waals surface area (Å²) in [5.41, 5.74) is 1.38. The Balaban J connectivity index is 2.38. The third-order valence-corrected chi connectivity index (χ3v) is 5.46. The molecule has 0 saturated carbocycles. The van der Waals surface area contributed by atoms with Crippen LogP contribution in [0.1, 0.15) is 43.1 Å². The van der Waals surface area contributed by atoms with E-state index in [4.69, 9.17) is 9.94 Å². The van der Waals surface area contributed by atoms with Gasteiger partial charge in [0, 0.05) is 12.8 Å². The summed E-state index contributed by atoms with van der Waals surface area (Å²) in [6.45, 7) is 5.27. The van der Waals surface area contributed by atoms with E-state index in [1.807, 2.05) is 20.8 Å². The summed E-state index contributed by atoms with van der Waals surface area (Å²) < 4.78 is 34.3. The van der Waals surface area contributed by atoms with E-state index in [0.717, 1.165) is 16.3 Å². The summed E-state index contributed by atoms with van der Waals surface area (Å²) in [7, 11) is -3.04. The topological polar surface area (TPSA) is 140 Å². The maximum Gasteiger partial charge on any atom is 0.332 e. The van der Waals surface area contributed by atoms with Crippen LogP contribution in [0.4, 0.5) is 5.82 Å². The van der Waals surface area contributed by atoms with Crippen LogP contribution in [0.3, 0.4) is 0 Å². The minimum Gasteiger partial charge on any atom is -0.748 e. The van der Waals surface area contributed by atoms with Gasteiger partial charge in [-0.2, -0.15) is 0 Å². The lowest BCUT2D eigenvalue weighted by Gasteiger charge is -2.19. The lowest BCUT2D eigenvalue weighted by Crippen LogP contribution is -2.39. The minimum absolute atomic E-state index is 0.0704. The molecule has 0 atom stereocenters. The molecule has 10 nitrogen and oxygen atoms in total. The zero-order valence-electron chi connectivity index (χ0n) is 16.1. The normalized spacial score (nSPS) is 15.1. The Morgan fingerprint density at radius 1 is 1.39 bits per heavy atom. The maximum atomic E-state index is 12.6. The Hall–Kier alpha value is -2.37. The number of carboxylic acids is 1. The van der Waals surface area contributed by atoms with Gasteiger partial charge < -0.3 is 9.66 Å². The molecule has 1 aromatic heterocycles. The van der Waals surface area contributed by atoms with E-state index in [1.165, 1.54) is 13.2 Å². The van der Waals surface area contributed by atoms with E-state index in [2.05, 4.69) is 4.99 Å². The maximum absolute atomic E-state index is 12.6. The number of fused-ring (bicyclic) bond motifs is 1. The number of hydroxylamine groups is 2. The molecule has 154 valence electrons. The van der Waals surface area contributed by atoms with Gasteiger partial charge in [0.15, 0.2) is 6.61 Å². The standard InChI is InChI=1S/C17H23N3O7S/c1-11-17(2,3)13-8-12(16(23)19(4)27-10-14(21)22)9-20(15(13)18-11)6-5-7-28(24,25)26/h8-9H,5-7,10H2,1-4H3,(H-,21,22,24,25,26). The zero-order valence-corrected chi connectivity index (χ0v) is 16.9. The van der Waals surface area contributed by atoms with Crippen molar-refractivity contribution in [3.63, 3.8) is 0 Å². The molecule has 0 saturated heterocycles. The average Bonchev–Trinajstić information content (AvgIpc) is 2.80. The van der Waals surface area contributed by atoms with Crippen LogP contribution in [-0.4, -0.2) is 60.1 Å². The number of carbonyl (C=O) groups is 2. The SMILES string of the molecule is CC1=Nc2c(cc(C(=O)N(C)OCC(=O)O)c[n+]2CCCS(=O)(=O)[O-])C1(C)C. The minimum atomic E-state index is -4.35. The molecular formula is C17H23N3O7S. The number of aliphatic imine (C=N–C) groups is 1. The molecule has 28 heavy (non-hydrogen) atoms. The highest BCUT2D eigenvalue weighted by atomic mass is 32.2. The third kappa shape index (κ3) is 4.91. The van der Waals surface area contributed by atoms with E-state index in [-0.39, 0.29) is 18.5 Å². The van der Waals surface area contributed by atoms with Crippen LogP contribution < -0.4 is 4.57 Å². The summed E-state index contributed by atoms with van der Waals surface area (Å²) in [6, 6.07) is 1.67. The van der Waals surface area contributed by atoms with Crippen molar-refractivity contribution < 1.29 is 37.1 Å². The molecule has 2 rings (SSSR count). The lowest BCUT2D eigenvalue weighted by atomic mass is 9.82. The van der Waals surface area contributed by atoms with Crippen molar-refractivity contribution in [3.8, 4) is 0 Å². The fraction of sp³-hybridized carbons (Fsp3) is 0.529. The quantitative estimate of drug-likeness (QED) is 0.369. The van der Waals surface area contributed by atoms with Crippen molar-refractivity contribution >= 4 is 33.5 Å². The first-order chi connectivity index (χ1) is 12.8. The molecule has 0 fully saturated rings. The van der Waals surface area contributed by atoms with Crippen LogP contribution in [0, 0.1) is 0 Å². The van der Waals surface area contributed by atoms with Crippen LogP contribution in [0.5, 0.6) is 0 Å². The fourth-order valence-corrected chi connectivity index (χ4v) is 3.29. The highest BCUT2D eigenvalue weighted by Gasteiger charge is 2.42. The molecule has 0 bridgehead atoms. The van der Waals surface area contributed by atoms with Crippen LogP contribution in [0.2, 0.25) is 0 Å². The number of aryl methyl sites for hydroxylation is 1. The second-order valence-electron chi connectivity index (χ2n) is 7.07. The summed E-state index contributed by atoms with van der Waals surface area (Å²) >= 11 is 0. The number of carbonyl (C=O) groups excluding carboxylic acids is 1. The second-order valence-corrected chi connectivity index (χ2v) is 8.59. The number of carboxylic acid groups (broad SMARTS) is 1. The van der Waals surface area contributed by atoms with Crippen LogP contribution in [-0.2, 0) is 31.7 Å². The highest BCUT2D eigenvalue weighted by Crippen LogP contribution is 2.38. The molecule has 1 aliphatic heterocycles. The van der Waals surface area contributed by atoms with E-state index < -0.39 is 39.8 Å². The summed E-state index contributed by atoms with van der Waals surface area (Å²) in [5, 5.41) is 9.52. The number of aromatic nitrogens is 1. The number of hydrogen-bond acceptors (Lipinski definition) is 7. The van der Waals surface area contributed by atoms with Gasteiger partial charge in [0.1, 0.15) is 11.9 Å². The number of pyridine rings is 1. The molecule has 1 amide bonds. The van der Waals surface area contributed by atoms with E-state index >= 15 is 0 Å². The molecule has 11 heteroatoms. The fourth-order valence-electron chi connectivity index (χ4n) is 2.81. The molecule has 2 heterocycles. The number of nitrogens with zero attached hydrogens (tertiary/aromatic N) is 3. The number of aliphatic carboxylic acids is 1. The molecule has 0 aliphatic carbocycles. The number of amides is 1. The molecule has 0 unspecified atom stereocenters. The van der Waals surface area contributed by atoms with Crippen molar-refractivity contribution in [2.45, 2.75) is 39.2 Å². The van der Waals surface area contributed by atoms with Gasteiger partial charge in [0.05, 0.1) is 33.2 Å². The van der Waals surface area contributed by atoms with Crippen molar-refractivity contribution in [3.05, 3.63) is 23.4 Å². The highest BCUT2D eigenvalue weighted by molar-refractivity contribution is 7.85. The number of hydrogen-bond donors (Lipinski definition) is 1. The van der Waals surface area contributed by atoms with Gasteiger partial charge in [0.2, 0.25) is 0 Å². The van der Waals surface area contributed by atoms with Gasteiger partial charge in [0.25, 0.3) is 5.91 Å². The Morgan fingerprint density at radius 2 is 2.04 bits per heavy atom. The van der Waals surface area contributed by atoms with Crippen LogP contribution in [0.25, 0.3) is 0 Å². The monoisotopic (exact) mass is 413 g/mol. The second kappa shape index (κ2) is 7.94. The number of rotatable bonds is 8. The summed E-state index contributed by atoms with van der Waals surface area (Å²) in [4.78, 5) is 32.7. The molecule has 1 aromatic rings. The summed E-state index contributed by atoms with van der Waals surface area (Å²) in [6.07, 6.45) is 1.57. The van der Waals surface area contributed by atoms with Gasteiger partial charge >= 0.3 is 11.8 Å². The Labute approximate surface area is 163 Å². The van der Waals surface area contributed by atoms with Gasteiger partial charge in [-0.25, -0.2) is 22.8 Å². The van der Waals surface area contributed by atoms with Gasteiger partial charge in [-0.05, 0) is 38.3 Å². The Morgan fingerprint density at radius 3 is 2.61 bits per heavy atom. The largest absolute Gasteiger partial charge is 0.748 e. The first-order valence-electron chi connectivity index (χ1n) is 8.53. The predicted molar refractivity (Wildman–Crippen MR) is 97.3 cm³/mol. The Bertz CT molecular complexity index is 938. The van der Waals surface area contributed by atoms with Crippen LogP contribution >= 0.6 is 0 Å². The molecule has 1 N–H and O–H groups in total. The first-order valence-corrected chi connectivity index (χ1v) is 10.1. The van der Waals surface area contributed by atoms with Gasteiger partial charge in [-0.15, -0.1) is 0 Å². The van der Waals surface area contributed by atoms with Crippen molar-refractivity contribution in [2.75, 3.05) is 19.4 Å². The first kappa shape index (κ1) is 21.9. The van der Waals surface area contributed by atoms with E-state index in [0.29, 0.717) is 5.82 Å².